The van der Waals surface area contributed by atoms with Gasteiger partial charge < -0.3 is 5.32 Å². The van der Waals surface area contributed by atoms with Gasteiger partial charge in [0, 0.05) is 11.6 Å². The molecule has 0 aromatic rings. The lowest BCUT2D eigenvalue weighted by Gasteiger charge is -2.53. The highest BCUT2D eigenvalue weighted by Gasteiger charge is 2.47. The zero-order valence-electron chi connectivity index (χ0n) is 16.6. The van der Waals surface area contributed by atoms with Crippen molar-refractivity contribution in [2.45, 2.75) is 107 Å². The van der Waals surface area contributed by atoms with Gasteiger partial charge in [-0.15, -0.1) is 0 Å². The van der Waals surface area contributed by atoms with Crippen molar-refractivity contribution in [3.63, 3.8) is 0 Å². The molecule has 5 unspecified atom stereocenters. The van der Waals surface area contributed by atoms with Crippen LogP contribution in [0.3, 0.4) is 0 Å². The Labute approximate surface area is 135 Å². The van der Waals surface area contributed by atoms with Crippen LogP contribution >= 0.6 is 0 Å². The molecule has 0 aromatic carbocycles. The van der Waals surface area contributed by atoms with E-state index in [4.69, 9.17) is 0 Å². The van der Waals surface area contributed by atoms with Gasteiger partial charge in [0.15, 0.2) is 0 Å². The van der Waals surface area contributed by atoms with E-state index in [-0.39, 0.29) is 5.54 Å². The molecule has 0 aliphatic heterocycles. The van der Waals surface area contributed by atoms with Gasteiger partial charge in [0.2, 0.25) is 0 Å². The van der Waals surface area contributed by atoms with E-state index in [0.29, 0.717) is 17.4 Å². The van der Waals surface area contributed by atoms with Gasteiger partial charge in [-0.2, -0.15) is 0 Å². The van der Waals surface area contributed by atoms with E-state index in [1.165, 1.54) is 25.7 Å². The lowest BCUT2D eigenvalue weighted by molar-refractivity contribution is 0.0204. The van der Waals surface area contributed by atoms with Gasteiger partial charge in [0.25, 0.3) is 0 Å². The Kier molecular flexibility index (Phi) is 8.54. The minimum Gasteiger partial charge on any atom is -0.309 e. The molecular weight excluding hydrogens is 254 g/mol. The van der Waals surface area contributed by atoms with E-state index in [9.17, 15) is 0 Å². The molecule has 128 valence electrons. The summed E-state index contributed by atoms with van der Waals surface area (Å²) >= 11 is 0. The third-order valence-corrected chi connectivity index (χ3v) is 6.61. The lowest BCUT2D eigenvalue weighted by Crippen LogP contribution is -2.61. The molecule has 1 N–H and O–H groups in total. The van der Waals surface area contributed by atoms with Crippen molar-refractivity contribution < 1.29 is 0 Å². The average Bonchev–Trinajstić information content (AvgIpc) is 2.43. The van der Waals surface area contributed by atoms with Crippen LogP contribution in [0.1, 0.15) is 94.9 Å². The zero-order valence-corrected chi connectivity index (χ0v) is 16.6. The quantitative estimate of drug-likeness (QED) is 0.500. The van der Waals surface area contributed by atoms with Crippen molar-refractivity contribution in [2.75, 3.05) is 0 Å². The molecular formula is C20H43N. The summed E-state index contributed by atoms with van der Waals surface area (Å²) in [6.45, 7) is 23.9. The minimum atomic E-state index is 0.201. The Morgan fingerprint density at radius 1 is 0.810 bits per heavy atom. The highest BCUT2D eigenvalue weighted by Crippen LogP contribution is 2.47. The summed E-state index contributed by atoms with van der Waals surface area (Å²) in [7, 11) is 0. The predicted molar refractivity (Wildman–Crippen MR) is 97.8 cm³/mol. The second kappa shape index (κ2) is 8.56. The average molecular weight is 298 g/mol. The maximum atomic E-state index is 3.96. The Bertz CT molecular complexity index is 286. The third kappa shape index (κ3) is 4.98. The van der Waals surface area contributed by atoms with Crippen molar-refractivity contribution in [3.8, 4) is 0 Å². The van der Waals surface area contributed by atoms with Gasteiger partial charge in [-0.25, -0.2) is 0 Å². The molecule has 0 heterocycles. The molecule has 0 amide bonds. The monoisotopic (exact) mass is 297 g/mol. The molecule has 21 heavy (non-hydrogen) atoms. The Morgan fingerprint density at radius 3 is 1.67 bits per heavy atom. The van der Waals surface area contributed by atoms with Gasteiger partial charge in [0.05, 0.1) is 0 Å². The predicted octanol–water partition coefficient (Wildman–Crippen LogP) is 6.28. The fourth-order valence-corrected chi connectivity index (χ4v) is 3.96. The van der Waals surface area contributed by atoms with Crippen molar-refractivity contribution in [3.05, 3.63) is 0 Å². The van der Waals surface area contributed by atoms with Crippen LogP contribution in [-0.2, 0) is 0 Å². The molecule has 0 saturated heterocycles. The summed E-state index contributed by atoms with van der Waals surface area (Å²) in [6.07, 6.45) is 5.09. The molecule has 1 heteroatoms. The maximum Gasteiger partial charge on any atom is 0.0234 e. The van der Waals surface area contributed by atoms with Crippen LogP contribution in [0.4, 0.5) is 0 Å². The fourth-order valence-electron chi connectivity index (χ4n) is 3.96. The van der Waals surface area contributed by atoms with E-state index < -0.39 is 0 Å². The summed E-state index contributed by atoms with van der Waals surface area (Å²) in [5, 5.41) is 3.96. The van der Waals surface area contributed by atoms with Crippen LogP contribution in [0.25, 0.3) is 0 Å². The third-order valence-electron chi connectivity index (χ3n) is 6.61. The normalized spacial score (nSPS) is 22.4. The van der Waals surface area contributed by atoms with E-state index >= 15 is 0 Å². The topological polar surface area (TPSA) is 12.0 Å². The van der Waals surface area contributed by atoms with Crippen LogP contribution in [-0.4, -0.2) is 11.6 Å². The molecule has 0 fully saturated rings. The minimum absolute atomic E-state index is 0.201. The van der Waals surface area contributed by atoms with E-state index in [1.54, 1.807) is 0 Å². The Balaban J connectivity index is 5.45. The molecule has 5 atom stereocenters. The Morgan fingerprint density at radius 2 is 1.33 bits per heavy atom. The number of nitrogens with one attached hydrogen (secondary N) is 1. The van der Waals surface area contributed by atoms with Crippen molar-refractivity contribution >= 4 is 0 Å². The van der Waals surface area contributed by atoms with Gasteiger partial charge in [-0.05, 0) is 42.9 Å². The van der Waals surface area contributed by atoms with E-state index in [1.807, 2.05) is 0 Å². The first kappa shape index (κ1) is 21.0. The van der Waals surface area contributed by atoms with Crippen molar-refractivity contribution in [2.24, 2.45) is 23.2 Å². The second-order valence-corrected chi connectivity index (χ2v) is 8.29. The maximum absolute atomic E-state index is 3.96. The molecule has 0 aliphatic carbocycles. The van der Waals surface area contributed by atoms with Gasteiger partial charge in [0.1, 0.15) is 0 Å². The summed E-state index contributed by atoms with van der Waals surface area (Å²) < 4.78 is 0. The molecule has 0 radical (unpaired) electrons. The van der Waals surface area contributed by atoms with Crippen LogP contribution in [0, 0.1) is 23.2 Å². The summed E-state index contributed by atoms with van der Waals surface area (Å²) in [6, 6.07) is 0.536. The summed E-state index contributed by atoms with van der Waals surface area (Å²) in [5.41, 5.74) is 0.544. The molecule has 0 spiro atoms. The van der Waals surface area contributed by atoms with Crippen molar-refractivity contribution in [1.82, 2.24) is 5.32 Å². The van der Waals surface area contributed by atoms with Gasteiger partial charge in [-0.3, -0.25) is 0 Å². The molecule has 0 bridgehead atoms. The number of hydrogen-bond donors (Lipinski definition) is 1. The van der Waals surface area contributed by atoms with E-state index in [2.05, 4.69) is 74.6 Å². The van der Waals surface area contributed by atoms with E-state index in [0.717, 1.165) is 11.8 Å². The summed E-state index contributed by atoms with van der Waals surface area (Å²) in [5.74, 6) is 2.29. The molecule has 0 aromatic heterocycles. The van der Waals surface area contributed by atoms with Gasteiger partial charge in [-0.1, -0.05) is 75.2 Å². The summed E-state index contributed by atoms with van der Waals surface area (Å²) in [4.78, 5) is 0. The van der Waals surface area contributed by atoms with Crippen LogP contribution in [0.2, 0.25) is 0 Å². The SMILES string of the molecule is CCC(C)C(C)CC(C)(CC)C(C)(NC(C)C)C(C)CC. The highest BCUT2D eigenvalue weighted by molar-refractivity contribution is 5.03. The first-order valence-electron chi connectivity index (χ1n) is 9.35. The van der Waals surface area contributed by atoms with Crippen molar-refractivity contribution in [1.29, 1.82) is 0 Å². The first-order valence-corrected chi connectivity index (χ1v) is 9.35. The first-order chi connectivity index (χ1) is 9.57. The number of hydrogen-bond acceptors (Lipinski definition) is 1. The standard InChI is InChI=1S/C20H43N/c1-11-16(6)17(7)14-19(9,13-3)20(10,18(8)12-2)21-15(4)5/h15-18,21H,11-14H2,1-10H3. The van der Waals surface area contributed by atoms with Crippen LogP contribution < -0.4 is 5.32 Å². The molecule has 0 aliphatic rings. The zero-order chi connectivity index (χ0) is 16.8. The van der Waals surface area contributed by atoms with Crippen LogP contribution in [0.15, 0.2) is 0 Å². The fraction of sp³-hybridized carbons (Fsp3) is 1.00. The smallest absolute Gasteiger partial charge is 0.0234 e. The number of rotatable bonds is 10. The second-order valence-electron chi connectivity index (χ2n) is 8.29. The molecule has 1 nitrogen and oxygen atoms in total. The highest BCUT2D eigenvalue weighted by atomic mass is 15.0. The Hall–Kier alpha value is -0.0400. The largest absolute Gasteiger partial charge is 0.309 e. The lowest BCUT2D eigenvalue weighted by atomic mass is 9.59. The van der Waals surface area contributed by atoms with Gasteiger partial charge >= 0.3 is 0 Å². The molecule has 0 rings (SSSR count). The molecule has 0 saturated carbocycles. The van der Waals surface area contributed by atoms with Crippen LogP contribution in [0.5, 0.6) is 0 Å².